The fourth-order valence-corrected chi connectivity index (χ4v) is 4.61. The Morgan fingerprint density at radius 1 is 1.23 bits per heavy atom. The average molecular weight is 445 g/mol. The number of ether oxygens (including phenoxy) is 1. The van der Waals surface area contributed by atoms with Crippen molar-refractivity contribution in [1.29, 1.82) is 0 Å². The van der Waals surface area contributed by atoms with E-state index in [9.17, 15) is 9.59 Å². The minimum Gasteiger partial charge on any atom is -0.497 e. The highest BCUT2D eigenvalue weighted by atomic mass is 32.1. The Morgan fingerprint density at radius 2 is 2.06 bits per heavy atom. The molecule has 31 heavy (non-hydrogen) atoms. The first-order chi connectivity index (χ1) is 15.1. The van der Waals surface area contributed by atoms with Crippen LogP contribution in [0, 0.1) is 11.8 Å². The van der Waals surface area contributed by atoms with Gasteiger partial charge in [0.05, 0.1) is 7.11 Å². The summed E-state index contributed by atoms with van der Waals surface area (Å²) in [4.78, 5) is 29.1. The second kappa shape index (κ2) is 9.95. The Kier molecular flexibility index (Phi) is 6.86. The smallest absolute Gasteiger partial charge is 0.317 e. The number of likely N-dealkylation sites (tertiary alicyclic amines) is 1. The Balaban J connectivity index is 1.18. The molecule has 3 amide bonds. The third-order valence-corrected chi connectivity index (χ3v) is 6.60. The predicted molar refractivity (Wildman–Crippen MR) is 120 cm³/mol. The highest BCUT2D eigenvalue weighted by molar-refractivity contribution is 7.13. The SMILES string of the molecule is COc1cccc(N2CCC(CNC(=O)N3CCC(C(=O)Nc4nncs4)CC3)C2)c1. The minimum absolute atomic E-state index is 0.0391. The van der Waals surface area contributed by atoms with Crippen molar-refractivity contribution < 1.29 is 14.3 Å². The van der Waals surface area contributed by atoms with Crippen LogP contribution >= 0.6 is 11.3 Å². The summed E-state index contributed by atoms with van der Waals surface area (Å²) in [6.45, 7) is 3.72. The molecule has 1 aromatic carbocycles. The van der Waals surface area contributed by atoms with Crippen molar-refractivity contribution in [2.45, 2.75) is 19.3 Å². The van der Waals surface area contributed by atoms with Crippen LogP contribution in [0.3, 0.4) is 0 Å². The van der Waals surface area contributed by atoms with Crippen molar-refractivity contribution in [1.82, 2.24) is 20.4 Å². The predicted octanol–water partition coefficient (Wildman–Crippen LogP) is 2.43. The van der Waals surface area contributed by atoms with Crippen molar-refractivity contribution in [3.05, 3.63) is 29.8 Å². The highest BCUT2D eigenvalue weighted by Gasteiger charge is 2.29. The van der Waals surface area contributed by atoms with E-state index in [1.807, 2.05) is 23.1 Å². The first-order valence-electron chi connectivity index (χ1n) is 10.6. The lowest BCUT2D eigenvalue weighted by Crippen LogP contribution is -2.47. The molecule has 1 atom stereocenters. The van der Waals surface area contributed by atoms with Gasteiger partial charge in [0.25, 0.3) is 0 Å². The maximum Gasteiger partial charge on any atom is 0.317 e. The van der Waals surface area contributed by atoms with Gasteiger partial charge in [-0.25, -0.2) is 4.79 Å². The first-order valence-corrected chi connectivity index (χ1v) is 11.5. The number of hydrogen-bond acceptors (Lipinski definition) is 7. The molecule has 9 nitrogen and oxygen atoms in total. The summed E-state index contributed by atoms with van der Waals surface area (Å²) in [5, 5.41) is 14.0. The Morgan fingerprint density at radius 3 is 2.81 bits per heavy atom. The van der Waals surface area contributed by atoms with Gasteiger partial charge in [-0.1, -0.05) is 17.4 Å². The van der Waals surface area contributed by atoms with Crippen LogP contribution in [0.2, 0.25) is 0 Å². The summed E-state index contributed by atoms with van der Waals surface area (Å²) in [6, 6.07) is 8.05. The van der Waals surface area contributed by atoms with Crippen molar-refractivity contribution in [3.8, 4) is 5.75 Å². The van der Waals surface area contributed by atoms with E-state index in [1.165, 1.54) is 11.3 Å². The summed E-state index contributed by atoms with van der Waals surface area (Å²) in [7, 11) is 1.68. The molecule has 0 aliphatic carbocycles. The molecule has 166 valence electrons. The molecule has 2 N–H and O–H groups in total. The van der Waals surface area contributed by atoms with Gasteiger partial charge < -0.3 is 25.2 Å². The number of rotatable bonds is 6. The zero-order valence-electron chi connectivity index (χ0n) is 17.6. The van der Waals surface area contributed by atoms with Gasteiger partial charge in [0.15, 0.2) is 0 Å². The van der Waals surface area contributed by atoms with Gasteiger partial charge in [-0.3, -0.25) is 4.79 Å². The van der Waals surface area contributed by atoms with E-state index in [0.717, 1.165) is 30.9 Å². The molecule has 10 heteroatoms. The van der Waals surface area contributed by atoms with E-state index in [-0.39, 0.29) is 17.9 Å². The molecule has 2 aliphatic heterocycles. The molecule has 2 saturated heterocycles. The van der Waals surface area contributed by atoms with Crippen LogP contribution in [0.4, 0.5) is 15.6 Å². The van der Waals surface area contributed by atoms with Crippen LogP contribution in [0.5, 0.6) is 5.75 Å². The van der Waals surface area contributed by atoms with E-state index in [2.05, 4.69) is 31.8 Å². The van der Waals surface area contributed by atoms with Crippen LogP contribution < -0.4 is 20.3 Å². The lowest BCUT2D eigenvalue weighted by Gasteiger charge is -2.31. The summed E-state index contributed by atoms with van der Waals surface area (Å²) < 4.78 is 5.32. The molecule has 0 bridgehead atoms. The molecular formula is C21H28N6O3S. The standard InChI is InChI=1S/C21H28N6O3S/c1-30-18-4-2-3-17(11-18)27-8-5-15(13-27)12-22-21(29)26-9-6-16(7-10-26)19(28)24-20-25-23-14-31-20/h2-4,11,14-16H,5-10,12-13H2,1H3,(H,22,29)(H,24,25,28). The van der Waals surface area contributed by atoms with Gasteiger partial charge in [-0.15, -0.1) is 10.2 Å². The third kappa shape index (κ3) is 5.43. The third-order valence-electron chi connectivity index (χ3n) is 5.99. The number of urea groups is 1. The molecule has 2 aromatic rings. The minimum atomic E-state index is -0.0980. The number of nitrogens with zero attached hydrogens (tertiary/aromatic N) is 4. The van der Waals surface area contributed by atoms with Crippen LogP contribution in [-0.4, -0.2) is 66.9 Å². The zero-order valence-corrected chi connectivity index (χ0v) is 18.4. The van der Waals surface area contributed by atoms with Gasteiger partial charge in [-0.05, 0) is 37.3 Å². The van der Waals surface area contributed by atoms with Crippen LogP contribution in [-0.2, 0) is 4.79 Å². The number of aromatic nitrogens is 2. The quantitative estimate of drug-likeness (QED) is 0.710. The molecule has 4 rings (SSSR count). The Labute approximate surface area is 185 Å². The number of carbonyl (C=O) groups is 2. The summed E-state index contributed by atoms with van der Waals surface area (Å²) in [6.07, 6.45) is 2.36. The molecular weight excluding hydrogens is 416 g/mol. The van der Waals surface area contributed by atoms with Crippen molar-refractivity contribution in [2.75, 3.05) is 50.1 Å². The van der Waals surface area contributed by atoms with E-state index < -0.39 is 0 Å². The van der Waals surface area contributed by atoms with Gasteiger partial charge in [0, 0.05) is 50.4 Å². The second-order valence-corrected chi connectivity index (χ2v) is 8.82. The molecule has 0 spiro atoms. The maximum absolute atomic E-state index is 12.6. The molecule has 2 aliphatic rings. The number of benzene rings is 1. The second-order valence-electron chi connectivity index (χ2n) is 7.98. The van der Waals surface area contributed by atoms with E-state index >= 15 is 0 Å². The number of anilines is 2. The van der Waals surface area contributed by atoms with Gasteiger partial charge in [0.2, 0.25) is 11.0 Å². The number of carbonyl (C=O) groups excluding carboxylic acids is 2. The summed E-state index contributed by atoms with van der Waals surface area (Å²) in [5.74, 6) is 1.14. The number of piperidine rings is 1. The van der Waals surface area contributed by atoms with Gasteiger partial charge >= 0.3 is 6.03 Å². The largest absolute Gasteiger partial charge is 0.497 e. The van der Waals surface area contributed by atoms with Crippen LogP contribution in [0.15, 0.2) is 29.8 Å². The zero-order chi connectivity index (χ0) is 21.6. The molecule has 1 aromatic heterocycles. The number of hydrogen-bond donors (Lipinski definition) is 2. The first kappa shape index (κ1) is 21.4. The van der Waals surface area contributed by atoms with Crippen LogP contribution in [0.25, 0.3) is 0 Å². The number of methoxy groups -OCH3 is 1. The monoisotopic (exact) mass is 444 g/mol. The normalized spacial score (nSPS) is 19.3. The van der Waals surface area contributed by atoms with Gasteiger partial charge in [0.1, 0.15) is 11.3 Å². The fraction of sp³-hybridized carbons (Fsp3) is 0.524. The maximum atomic E-state index is 12.6. The molecule has 1 unspecified atom stereocenters. The van der Waals surface area contributed by atoms with E-state index in [4.69, 9.17) is 4.74 Å². The van der Waals surface area contributed by atoms with Crippen molar-refractivity contribution >= 4 is 34.1 Å². The summed E-state index contributed by atoms with van der Waals surface area (Å²) in [5.41, 5.74) is 2.74. The van der Waals surface area contributed by atoms with Crippen molar-refractivity contribution in [2.24, 2.45) is 11.8 Å². The van der Waals surface area contributed by atoms with Gasteiger partial charge in [-0.2, -0.15) is 0 Å². The van der Waals surface area contributed by atoms with E-state index in [1.54, 1.807) is 12.6 Å². The van der Waals surface area contributed by atoms with Crippen LogP contribution in [0.1, 0.15) is 19.3 Å². The number of nitrogens with one attached hydrogen (secondary N) is 2. The molecule has 0 radical (unpaired) electrons. The Hall–Kier alpha value is -2.88. The highest BCUT2D eigenvalue weighted by Crippen LogP contribution is 2.27. The fourth-order valence-electron chi connectivity index (χ4n) is 4.16. The van der Waals surface area contributed by atoms with Crippen molar-refractivity contribution in [3.63, 3.8) is 0 Å². The average Bonchev–Trinajstić information content (AvgIpc) is 3.50. The van der Waals surface area contributed by atoms with E-state index in [0.29, 0.717) is 43.5 Å². The molecule has 3 heterocycles. The lowest BCUT2D eigenvalue weighted by atomic mass is 9.96. The summed E-state index contributed by atoms with van der Waals surface area (Å²) >= 11 is 1.30. The molecule has 2 fully saturated rings. The Bertz CT molecular complexity index is 885. The molecule has 0 saturated carbocycles. The number of amides is 3. The topological polar surface area (TPSA) is 99.7 Å². The lowest BCUT2D eigenvalue weighted by molar-refractivity contribution is -0.121.